The molecule has 0 saturated carbocycles. The molecule has 0 spiro atoms. The first-order valence-corrected chi connectivity index (χ1v) is 11.3. The number of hydrogen-bond donors (Lipinski definition) is 1. The SMILES string of the molecule is COC1c2cc(NCc3cccc(Cl)c3)ccc2OC(C)(C)C1OCc1cccc(Cl)c1. The lowest BCUT2D eigenvalue weighted by Gasteiger charge is -2.44. The molecule has 0 bridgehead atoms. The predicted octanol–water partition coefficient (Wildman–Crippen LogP) is 7.05. The van der Waals surface area contributed by atoms with Crippen molar-refractivity contribution in [1.82, 2.24) is 0 Å². The van der Waals surface area contributed by atoms with Crippen LogP contribution in [0.1, 0.15) is 36.6 Å². The molecule has 1 heterocycles. The van der Waals surface area contributed by atoms with Gasteiger partial charge in [0.2, 0.25) is 0 Å². The van der Waals surface area contributed by atoms with E-state index in [9.17, 15) is 0 Å². The van der Waals surface area contributed by atoms with Gasteiger partial charge < -0.3 is 19.5 Å². The summed E-state index contributed by atoms with van der Waals surface area (Å²) < 4.78 is 18.6. The van der Waals surface area contributed by atoms with E-state index < -0.39 is 5.60 Å². The van der Waals surface area contributed by atoms with E-state index >= 15 is 0 Å². The first kappa shape index (κ1) is 22.9. The Kier molecular flexibility index (Phi) is 6.96. The van der Waals surface area contributed by atoms with E-state index in [4.69, 9.17) is 37.4 Å². The van der Waals surface area contributed by atoms with Crippen LogP contribution >= 0.6 is 23.2 Å². The fourth-order valence-electron chi connectivity index (χ4n) is 4.05. The number of rotatable bonds is 7. The van der Waals surface area contributed by atoms with E-state index in [1.165, 1.54) is 0 Å². The molecule has 1 N–H and O–H groups in total. The lowest BCUT2D eigenvalue weighted by molar-refractivity contribution is -0.159. The summed E-state index contributed by atoms with van der Waals surface area (Å²) in [5, 5.41) is 4.87. The minimum Gasteiger partial charge on any atom is -0.485 e. The lowest BCUT2D eigenvalue weighted by Crippen LogP contribution is -2.50. The second-order valence-electron chi connectivity index (χ2n) is 8.46. The number of ether oxygens (including phenoxy) is 3. The highest BCUT2D eigenvalue weighted by Crippen LogP contribution is 2.44. The molecule has 0 fully saturated rings. The molecule has 1 aliphatic rings. The standard InChI is InChI=1S/C26H27Cl2NO3/c1-26(2)25(31-16-18-7-5-9-20(28)13-18)24(30-3)22-14-21(10-11-23(22)32-26)29-15-17-6-4-8-19(27)12-17/h4-14,24-25,29H,15-16H2,1-3H3. The van der Waals surface area contributed by atoms with Gasteiger partial charge in [0.25, 0.3) is 0 Å². The largest absolute Gasteiger partial charge is 0.485 e. The molecule has 3 aromatic rings. The highest BCUT2D eigenvalue weighted by Gasteiger charge is 2.45. The molecule has 0 radical (unpaired) electrons. The summed E-state index contributed by atoms with van der Waals surface area (Å²) >= 11 is 12.2. The summed E-state index contributed by atoms with van der Waals surface area (Å²) in [6.45, 7) is 5.13. The normalized spacial score (nSPS) is 19.2. The predicted molar refractivity (Wildman–Crippen MR) is 130 cm³/mol. The third-order valence-corrected chi connectivity index (χ3v) is 6.08. The Balaban J connectivity index is 1.54. The lowest BCUT2D eigenvalue weighted by atomic mass is 9.88. The molecule has 4 rings (SSSR count). The number of benzene rings is 3. The van der Waals surface area contributed by atoms with Crippen molar-refractivity contribution in [2.45, 2.75) is 44.8 Å². The Morgan fingerprint density at radius 1 is 0.938 bits per heavy atom. The summed E-state index contributed by atoms with van der Waals surface area (Å²) in [7, 11) is 1.71. The topological polar surface area (TPSA) is 39.7 Å². The number of methoxy groups -OCH3 is 1. The van der Waals surface area contributed by atoms with Crippen LogP contribution in [0, 0.1) is 0 Å². The maximum atomic E-state index is 6.34. The molecule has 4 nitrogen and oxygen atoms in total. The zero-order valence-corrected chi connectivity index (χ0v) is 19.9. The quantitative estimate of drug-likeness (QED) is 0.400. The van der Waals surface area contributed by atoms with Crippen LogP contribution in [0.15, 0.2) is 66.7 Å². The van der Waals surface area contributed by atoms with Crippen LogP contribution in [0.2, 0.25) is 10.0 Å². The van der Waals surface area contributed by atoms with E-state index in [0.717, 1.165) is 33.1 Å². The van der Waals surface area contributed by atoms with Gasteiger partial charge in [-0.3, -0.25) is 0 Å². The van der Waals surface area contributed by atoms with Crippen LogP contribution in [-0.4, -0.2) is 18.8 Å². The fraction of sp³-hybridized carbons (Fsp3) is 0.308. The molecular weight excluding hydrogens is 445 g/mol. The fourth-order valence-corrected chi connectivity index (χ4v) is 4.47. The Bertz CT molecular complexity index is 1090. The van der Waals surface area contributed by atoms with E-state index in [2.05, 4.69) is 11.4 Å². The molecule has 3 aromatic carbocycles. The summed E-state index contributed by atoms with van der Waals surface area (Å²) in [5.74, 6) is 0.803. The van der Waals surface area contributed by atoms with E-state index in [-0.39, 0.29) is 12.2 Å². The van der Waals surface area contributed by atoms with Crippen LogP contribution < -0.4 is 10.1 Å². The van der Waals surface area contributed by atoms with Crippen molar-refractivity contribution in [3.63, 3.8) is 0 Å². The third kappa shape index (κ3) is 5.21. The zero-order valence-electron chi connectivity index (χ0n) is 18.4. The van der Waals surface area contributed by atoms with Gasteiger partial charge in [-0.2, -0.15) is 0 Å². The molecule has 168 valence electrons. The van der Waals surface area contributed by atoms with Crippen LogP contribution in [0.25, 0.3) is 0 Å². The van der Waals surface area contributed by atoms with E-state index in [1.54, 1.807) is 7.11 Å². The van der Waals surface area contributed by atoms with Gasteiger partial charge in [-0.1, -0.05) is 47.5 Å². The summed E-state index contributed by atoms with van der Waals surface area (Å²) in [6, 6.07) is 21.6. The van der Waals surface area contributed by atoms with Gasteiger partial charge in [-0.25, -0.2) is 0 Å². The molecule has 0 amide bonds. The highest BCUT2D eigenvalue weighted by molar-refractivity contribution is 6.30. The highest BCUT2D eigenvalue weighted by atomic mass is 35.5. The minimum absolute atomic E-state index is 0.277. The maximum absolute atomic E-state index is 6.34. The Hall–Kier alpha value is -2.24. The summed E-state index contributed by atoms with van der Waals surface area (Å²) in [6.07, 6.45) is -0.581. The Morgan fingerprint density at radius 3 is 2.31 bits per heavy atom. The molecule has 32 heavy (non-hydrogen) atoms. The van der Waals surface area contributed by atoms with Gasteiger partial charge in [0, 0.05) is 35.0 Å². The van der Waals surface area contributed by atoms with Crippen molar-refractivity contribution in [2.24, 2.45) is 0 Å². The van der Waals surface area contributed by atoms with E-state index in [0.29, 0.717) is 18.2 Å². The van der Waals surface area contributed by atoms with Crippen molar-refractivity contribution in [1.29, 1.82) is 0 Å². The number of nitrogens with one attached hydrogen (secondary N) is 1. The maximum Gasteiger partial charge on any atom is 0.132 e. The molecule has 0 aliphatic carbocycles. The minimum atomic E-state index is -0.567. The first-order chi connectivity index (χ1) is 15.4. The van der Waals surface area contributed by atoms with Crippen LogP contribution in [0.3, 0.4) is 0 Å². The van der Waals surface area contributed by atoms with Crippen molar-refractivity contribution in [2.75, 3.05) is 12.4 Å². The number of hydrogen-bond acceptors (Lipinski definition) is 4. The average molecular weight is 472 g/mol. The average Bonchev–Trinajstić information content (AvgIpc) is 2.75. The zero-order chi connectivity index (χ0) is 22.7. The molecule has 2 atom stereocenters. The van der Waals surface area contributed by atoms with Crippen molar-refractivity contribution in [3.05, 3.63) is 93.5 Å². The van der Waals surface area contributed by atoms with Crippen LogP contribution in [0.4, 0.5) is 5.69 Å². The van der Waals surface area contributed by atoms with Crippen molar-refractivity contribution >= 4 is 28.9 Å². The van der Waals surface area contributed by atoms with E-state index in [1.807, 2.05) is 74.5 Å². The van der Waals surface area contributed by atoms with Crippen LogP contribution in [-0.2, 0) is 22.6 Å². The number of anilines is 1. The smallest absolute Gasteiger partial charge is 0.132 e. The van der Waals surface area contributed by atoms with Gasteiger partial charge in [0.15, 0.2) is 0 Å². The Morgan fingerprint density at radius 2 is 1.62 bits per heavy atom. The molecule has 6 heteroatoms. The van der Waals surface area contributed by atoms with Gasteiger partial charge in [-0.15, -0.1) is 0 Å². The summed E-state index contributed by atoms with van der Waals surface area (Å²) in [4.78, 5) is 0. The number of fused-ring (bicyclic) bond motifs is 1. The Labute approximate surface area is 199 Å². The second-order valence-corrected chi connectivity index (χ2v) is 9.33. The third-order valence-electron chi connectivity index (χ3n) is 5.61. The molecular formula is C26H27Cl2NO3. The molecule has 0 saturated heterocycles. The molecule has 1 aliphatic heterocycles. The van der Waals surface area contributed by atoms with Gasteiger partial charge >= 0.3 is 0 Å². The molecule has 2 unspecified atom stereocenters. The monoisotopic (exact) mass is 471 g/mol. The first-order valence-electron chi connectivity index (χ1n) is 10.6. The van der Waals surface area contributed by atoms with Crippen LogP contribution in [0.5, 0.6) is 5.75 Å². The van der Waals surface area contributed by atoms with Crippen molar-refractivity contribution in [3.8, 4) is 5.75 Å². The van der Waals surface area contributed by atoms with Gasteiger partial charge in [0.1, 0.15) is 23.6 Å². The number of halogens is 2. The second kappa shape index (κ2) is 9.72. The summed E-state index contributed by atoms with van der Waals surface area (Å²) in [5.41, 5.74) is 3.48. The van der Waals surface area contributed by atoms with Crippen molar-refractivity contribution < 1.29 is 14.2 Å². The van der Waals surface area contributed by atoms with Gasteiger partial charge in [-0.05, 0) is 67.4 Å². The van der Waals surface area contributed by atoms with Gasteiger partial charge in [0.05, 0.1) is 6.61 Å². The molecule has 0 aromatic heterocycles.